The number of nitrogens with one attached hydrogen (secondary N) is 2. The molecule has 0 heterocycles. The third-order valence-electron chi connectivity index (χ3n) is 4.69. The molecule has 0 aromatic heterocycles. The maximum atomic E-state index is 12.8. The Balaban J connectivity index is 2.18. The van der Waals surface area contributed by atoms with Gasteiger partial charge in [0.05, 0.1) is 12.0 Å². The Morgan fingerprint density at radius 1 is 1.00 bits per heavy atom. The van der Waals surface area contributed by atoms with Crippen LogP contribution < -0.4 is 10.6 Å². The molecule has 0 bridgehead atoms. The SMILES string of the molecule is Cc1cc(C(=O)NC(c2ccccc2)C(C)C(=O)O)ccc1NC(=O)CC(C)C. The van der Waals surface area contributed by atoms with E-state index >= 15 is 0 Å². The van der Waals surface area contributed by atoms with Crippen LogP contribution in [0.1, 0.15) is 54.7 Å². The number of aliphatic carboxylic acids is 1. The number of carboxylic acid groups (broad SMARTS) is 1. The first-order valence-electron chi connectivity index (χ1n) is 9.68. The summed E-state index contributed by atoms with van der Waals surface area (Å²) in [5, 5.41) is 15.1. The molecule has 0 saturated heterocycles. The van der Waals surface area contributed by atoms with E-state index < -0.39 is 17.9 Å². The molecule has 2 amide bonds. The zero-order chi connectivity index (χ0) is 21.6. The van der Waals surface area contributed by atoms with Gasteiger partial charge in [0.1, 0.15) is 0 Å². The molecule has 2 unspecified atom stereocenters. The lowest BCUT2D eigenvalue weighted by Gasteiger charge is -2.23. The molecule has 154 valence electrons. The molecule has 0 aliphatic rings. The van der Waals surface area contributed by atoms with Crippen molar-refractivity contribution >= 4 is 23.5 Å². The van der Waals surface area contributed by atoms with Crippen molar-refractivity contribution < 1.29 is 19.5 Å². The van der Waals surface area contributed by atoms with Crippen molar-refractivity contribution in [3.05, 3.63) is 65.2 Å². The van der Waals surface area contributed by atoms with Gasteiger partial charge in [-0.25, -0.2) is 0 Å². The number of anilines is 1. The molecular formula is C23H28N2O4. The van der Waals surface area contributed by atoms with Gasteiger partial charge in [-0.2, -0.15) is 0 Å². The second-order valence-corrected chi connectivity index (χ2v) is 7.66. The Labute approximate surface area is 171 Å². The fraction of sp³-hybridized carbons (Fsp3) is 0.348. The van der Waals surface area contributed by atoms with Gasteiger partial charge in [-0.3, -0.25) is 14.4 Å². The summed E-state index contributed by atoms with van der Waals surface area (Å²) in [4.78, 5) is 36.3. The molecule has 3 N–H and O–H groups in total. The number of hydrogen-bond acceptors (Lipinski definition) is 3. The van der Waals surface area contributed by atoms with Gasteiger partial charge < -0.3 is 15.7 Å². The van der Waals surface area contributed by atoms with Crippen molar-refractivity contribution in [3.8, 4) is 0 Å². The van der Waals surface area contributed by atoms with E-state index in [4.69, 9.17) is 0 Å². The number of rotatable bonds is 8. The van der Waals surface area contributed by atoms with E-state index in [0.717, 1.165) is 11.1 Å². The molecule has 2 aromatic carbocycles. The van der Waals surface area contributed by atoms with Gasteiger partial charge in [0.2, 0.25) is 5.91 Å². The van der Waals surface area contributed by atoms with Crippen LogP contribution in [0, 0.1) is 18.8 Å². The van der Waals surface area contributed by atoms with Crippen LogP contribution in [0.5, 0.6) is 0 Å². The zero-order valence-corrected chi connectivity index (χ0v) is 17.2. The van der Waals surface area contributed by atoms with Gasteiger partial charge >= 0.3 is 5.97 Å². The first-order chi connectivity index (χ1) is 13.7. The summed E-state index contributed by atoms with van der Waals surface area (Å²) >= 11 is 0. The Morgan fingerprint density at radius 3 is 2.21 bits per heavy atom. The van der Waals surface area contributed by atoms with Gasteiger partial charge in [-0.05, 0) is 49.1 Å². The van der Waals surface area contributed by atoms with Crippen molar-refractivity contribution in [1.29, 1.82) is 0 Å². The molecule has 2 rings (SSSR count). The molecule has 0 spiro atoms. The number of hydrogen-bond donors (Lipinski definition) is 3. The topological polar surface area (TPSA) is 95.5 Å². The van der Waals surface area contributed by atoms with E-state index in [-0.39, 0.29) is 17.7 Å². The lowest BCUT2D eigenvalue weighted by molar-refractivity contribution is -0.142. The zero-order valence-electron chi connectivity index (χ0n) is 17.2. The molecule has 6 heteroatoms. The largest absolute Gasteiger partial charge is 0.481 e. The van der Waals surface area contributed by atoms with Crippen molar-refractivity contribution in [2.75, 3.05) is 5.32 Å². The molecule has 0 aliphatic carbocycles. The fourth-order valence-corrected chi connectivity index (χ4v) is 3.04. The van der Waals surface area contributed by atoms with Crippen LogP contribution in [0.4, 0.5) is 5.69 Å². The Kier molecular flexibility index (Phi) is 7.53. The molecular weight excluding hydrogens is 368 g/mol. The summed E-state index contributed by atoms with van der Waals surface area (Å²) in [6.07, 6.45) is 0.424. The van der Waals surface area contributed by atoms with Gasteiger partial charge in [-0.1, -0.05) is 44.2 Å². The van der Waals surface area contributed by atoms with E-state index in [0.29, 0.717) is 17.7 Å². The molecule has 6 nitrogen and oxygen atoms in total. The summed E-state index contributed by atoms with van der Waals surface area (Å²) in [6.45, 7) is 7.33. The fourth-order valence-electron chi connectivity index (χ4n) is 3.04. The van der Waals surface area contributed by atoms with Crippen LogP contribution in [0.2, 0.25) is 0 Å². The maximum absolute atomic E-state index is 12.8. The minimum absolute atomic E-state index is 0.0697. The maximum Gasteiger partial charge on any atom is 0.308 e. The Morgan fingerprint density at radius 2 is 1.66 bits per heavy atom. The lowest BCUT2D eigenvalue weighted by atomic mass is 9.94. The highest BCUT2D eigenvalue weighted by atomic mass is 16.4. The molecule has 29 heavy (non-hydrogen) atoms. The lowest BCUT2D eigenvalue weighted by Crippen LogP contribution is -2.35. The number of aryl methyl sites for hydroxylation is 1. The smallest absolute Gasteiger partial charge is 0.308 e. The van der Waals surface area contributed by atoms with E-state index in [1.807, 2.05) is 39.0 Å². The quantitative estimate of drug-likeness (QED) is 0.624. The van der Waals surface area contributed by atoms with E-state index in [2.05, 4.69) is 10.6 Å². The highest BCUT2D eigenvalue weighted by Crippen LogP contribution is 2.24. The van der Waals surface area contributed by atoms with Crippen LogP contribution in [0.3, 0.4) is 0 Å². The van der Waals surface area contributed by atoms with Gasteiger partial charge in [0.15, 0.2) is 0 Å². The highest BCUT2D eigenvalue weighted by molar-refractivity contribution is 5.97. The average molecular weight is 396 g/mol. The van der Waals surface area contributed by atoms with Gasteiger partial charge in [-0.15, -0.1) is 0 Å². The van der Waals surface area contributed by atoms with Crippen LogP contribution in [0.25, 0.3) is 0 Å². The van der Waals surface area contributed by atoms with E-state index in [1.54, 1.807) is 37.3 Å². The first-order valence-corrected chi connectivity index (χ1v) is 9.68. The molecule has 2 aromatic rings. The standard InChI is InChI=1S/C23H28N2O4/c1-14(2)12-20(26)24-19-11-10-18(13-15(19)3)22(27)25-21(16(4)23(28)29)17-8-6-5-7-9-17/h5-11,13-14,16,21H,12H2,1-4H3,(H,24,26)(H,25,27)(H,28,29). The van der Waals surface area contributed by atoms with E-state index in [9.17, 15) is 19.5 Å². The number of carbonyl (C=O) groups excluding carboxylic acids is 2. The van der Waals surface area contributed by atoms with Crippen molar-refractivity contribution in [3.63, 3.8) is 0 Å². The second kappa shape index (κ2) is 9.87. The monoisotopic (exact) mass is 396 g/mol. The minimum atomic E-state index is -0.987. The predicted molar refractivity (Wildman–Crippen MR) is 113 cm³/mol. The summed E-state index contributed by atoms with van der Waals surface area (Å²) in [6, 6.07) is 13.4. The number of carboxylic acids is 1. The van der Waals surface area contributed by atoms with Crippen LogP contribution >= 0.6 is 0 Å². The highest BCUT2D eigenvalue weighted by Gasteiger charge is 2.27. The predicted octanol–water partition coefficient (Wildman–Crippen LogP) is 4.17. The van der Waals surface area contributed by atoms with Crippen LogP contribution in [0.15, 0.2) is 48.5 Å². The van der Waals surface area contributed by atoms with Crippen LogP contribution in [-0.2, 0) is 9.59 Å². The second-order valence-electron chi connectivity index (χ2n) is 7.66. The van der Waals surface area contributed by atoms with Crippen LogP contribution in [-0.4, -0.2) is 22.9 Å². The molecule has 0 radical (unpaired) electrons. The van der Waals surface area contributed by atoms with Crippen molar-refractivity contribution in [2.45, 2.75) is 40.2 Å². The molecule has 0 aliphatic heterocycles. The number of carbonyl (C=O) groups is 3. The normalized spacial score (nSPS) is 12.9. The molecule has 0 fully saturated rings. The Bertz CT molecular complexity index is 878. The Hall–Kier alpha value is -3.15. The van der Waals surface area contributed by atoms with Gasteiger partial charge in [0, 0.05) is 17.7 Å². The summed E-state index contributed by atoms with van der Waals surface area (Å²) in [5.74, 6) is -1.96. The van der Waals surface area contributed by atoms with Crippen molar-refractivity contribution in [2.24, 2.45) is 11.8 Å². The van der Waals surface area contributed by atoms with E-state index in [1.165, 1.54) is 0 Å². The summed E-state index contributed by atoms with van der Waals surface area (Å²) in [7, 11) is 0. The number of amides is 2. The molecule has 2 atom stereocenters. The third kappa shape index (κ3) is 6.17. The number of benzene rings is 2. The first kappa shape index (κ1) is 22.1. The third-order valence-corrected chi connectivity index (χ3v) is 4.69. The van der Waals surface area contributed by atoms with Crippen molar-refractivity contribution in [1.82, 2.24) is 5.32 Å². The summed E-state index contributed by atoms with van der Waals surface area (Å²) < 4.78 is 0. The summed E-state index contributed by atoms with van der Waals surface area (Å²) in [5.41, 5.74) is 2.55. The molecule has 0 saturated carbocycles. The average Bonchev–Trinajstić information content (AvgIpc) is 2.66. The van der Waals surface area contributed by atoms with Gasteiger partial charge in [0.25, 0.3) is 5.91 Å². The minimum Gasteiger partial charge on any atom is -0.481 e.